The molecule has 11 heteroatoms. The second kappa shape index (κ2) is 15.5. The number of nitrogens with zero attached hydrogens (tertiary/aromatic N) is 3. The number of urea groups is 1. The van der Waals surface area contributed by atoms with Crippen molar-refractivity contribution in [3.05, 3.63) is 23.8 Å². The Morgan fingerprint density at radius 3 is 2.62 bits per heavy atom. The van der Waals surface area contributed by atoms with E-state index in [1.807, 2.05) is 13.8 Å². The summed E-state index contributed by atoms with van der Waals surface area (Å²) >= 11 is 0. The molecule has 0 bridgehead atoms. The molecule has 0 aromatic heterocycles. The van der Waals surface area contributed by atoms with Gasteiger partial charge in [-0.15, -0.1) is 0 Å². The minimum Gasteiger partial charge on any atom is -0.488 e. The predicted octanol–water partition coefficient (Wildman–Crippen LogP) is 2.47. The molecule has 0 spiro atoms. The number of nitrogens with one attached hydrogen (secondary N) is 2. The van der Waals surface area contributed by atoms with Crippen molar-refractivity contribution in [1.29, 1.82) is 0 Å². The lowest BCUT2D eigenvalue weighted by molar-refractivity contribution is -0.134. The number of fused-ring (bicyclic) bond motifs is 1. The monoisotopic (exact) mass is 587 g/mol. The topological polar surface area (TPSA) is 124 Å². The van der Waals surface area contributed by atoms with E-state index in [1.54, 1.807) is 35.0 Å². The summed E-state index contributed by atoms with van der Waals surface area (Å²) in [6.45, 7) is 8.11. The zero-order valence-corrected chi connectivity index (χ0v) is 25.5. The molecule has 4 rings (SSSR count). The van der Waals surface area contributed by atoms with Gasteiger partial charge in [-0.05, 0) is 38.0 Å². The molecule has 3 aliphatic rings. The van der Waals surface area contributed by atoms with E-state index in [1.165, 1.54) is 6.42 Å². The number of hydrogen-bond donors (Lipinski definition) is 3. The van der Waals surface area contributed by atoms with Gasteiger partial charge in [0.1, 0.15) is 11.9 Å². The van der Waals surface area contributed by atoms with Gasteiger partial charge in [0.15, 0.2) is 0 Å². The normalized spacial score (nSPS) is 23.0. The van der Waals surface area contributed by atoms with Gasteiger partial charge in [-0.3, -0.25) is 14.5 Å². The van der Waals surface area contributed by atoms with Crippen LogP contribution in [0.5, 0.6) is 5.75 Å². The highest BCUT2D eigenvalue weighted by Crippen LogP contribution is 2.29. The number of anilines is 1. The van der Waals surface area contributed by atoms with E-state index in [0.717, 1.165) is 38.8 Å². The van der Waals surface area contributed by atoms with Gasteiger partial charge in [0, 0.05) is 62.9 Å². The number of ether oxygens (including phenoxy) is 2. The zero-order valence-electron chi connectivity index (χ0n) is 25.5. The van der Waals surface area contributed by atoms with Crippen LogP contribution in [0.1, 0.15) is 57.9 Å². The number of aliphatic hydroxyl groups excluding tert-OH is 1. The number of carbonyl (C=O) groups excluding carboxylic acids is 3. The first-order valence-corrected chi connectivity index (χ1v) is 15.5. The summed E-state index contributed by atoms with van der Waals surface area (Å²) in [6, 6.07) is 5.11. The molecule has 2 heterocycles. The second-order valence-electron chi connectivity index (χ2n) is 12.1. The van der Waals surface area contributed by atoms with E-state index < -0.39 is 0 Å². The van der Waals surface area contributed by atoms with Crippen molar-refractivity contribution in [2.24, 2.45) is 5.92 Å². The first-order valence-electron chi connectivity index (χ1n) is 15.5. The number of benzene rings is 1. The quantitative estimate of drug-likeness (QED) is 0.406. The predicted molar refractivity (Wildman–Crippen MR) is 161 cm³/mol. The average Bonchev–Trinajstić information content (AvgIpc) is 3.04. The SMILES string of the molecule is C[C@@H]1CN([C@@H](C)CO)C(=O)Cc2cc(NC(=O)CCN3CCOCC3)ccc2O[C@H]1CN(C)C(=O)NC1CCCCC1. The number of amides is 4. The average molecular weight is 588 g/mol. The van der Waals surface area contributed by atoms with Crippen molar-refractivity contribution in [2.75, 3.05) is 64.9 Å². The fraction of sp³-hybridized carbons (Fsp3) is 0.710. The van der Waals surface area contributed by atoms with E-state index in [9.17, 15) is 19.5 Å². The van der Waals surface area contributed by atoms with Gasteiger partial charge in [-0.25, -0.2) is 4.79 Å². The van der Waals surface area contributed by atoms with Gasteiger partial charge in [0.25, 0.3) is 0 Å². The van der Waals surface area contributed by atoms with Gasteiger partial charge in [0.2, 0.25) is 11.8 Å². The summed E-state index contributed by atoms with van der Waals surface area (Å²) in [5.74, 6) is 0.238. The minimum atomic E-state index is -0.390. The number of rotatable bonds is 9. The molecule has 1 aromatic rings. The first kappa shape index (κ1) is 32.0. The third-order valence-corrected chi connectivity index (χ3v) is 8.69. The molecular formula is C31H49N5O6. The summed E-state index contributed by atoms with van der Waals surface area (Å²) in [7, 11) is 1.77. The molecule has 0 unspecified atom stereocenters. The molecule has 2 fully saturated rings. The number of aliphatic hydroxyl groups is 1. The van der Waals surface area contributed by atoms with Crippen molar-refractivity contribution in [3.63, 3.8) is 0 Å². The molecule has 1 aliphatic carbocycles. The third kappa shape index (κ3) is 9.05. The Morgan fingerprint density at radius 1 is 1.17 bits per heavy atom. The van der Waals surface area contributed by atoms with Crippen LogP contribution in [-0.2, 0) is 20.7 Å². The van der Waals surface area contributed by atoms with E-state index in [0.29, 0.717) is 56.3 Å². The summed E-state index contributed by atoms with van der Waals surface area (Å²) in [6.07, 6.45) is 5.55. The van der Waals surface area contributed by atoms with Crippen molar-refractivity contribution in [2.45, 2.75) is 77.0 Å². The maximum atomic E-state index is 13.5. The standard InChI is InChI=1S/C31H49N5O6/c1-22-19-36(23(2)21-37)30(39)18-24-17-26(32-29(38)11-12-35-13-15-41-16-14-35)9-10-27(24)42-28(22)20-34(3)31(40)33-25-7-5-4-6-8-25/h9-10,17,22-23,25,28,37H,4-8,11-16,18-21H2,1-3H3,(H,32,38)(H,33,40)/t22-,23+,28+/m1/s1. The van der Waals surface area contributed by atoms with E-state index in [4.69, 9.17) is 9.47 Å². The number of morpholine rings is 1. The van der Waals surface area contributed by atoms with Crippen LogP contribution in [0.2, 0.25) is 0 Å². The van der Waals surface area contributed by atoms with Crippen LogP contribution in [0, 0.1) is 5.92 Å². The summed E-state index contributed by atoms with van der Waals surface area (Å²) in [5, 5.41) is 16.0. The molecule has 3 N–H and O–H groups in total. The van der Waals surface area contributed by atoms with Gasteiger partial charge >= 0.3 is 6.03 Å². The van der Waals surface area contributed by atoms with Gasteiger partial charge in [0.05, 0.1) is 38.8 Å². The largest absolute Gasteiger partial charge is 0.488 e. The smallest absolute Gasteiger partial charge is 0.317 e. The highest BCUT2D eigenvalue weighted by Gasteiger charge is 2.32. The Morgan fingerprint density at radius 2 is 1.90 bits per heavy atom. The fourth-order valence-corrected chi connectivity index (χ4v) is 5.92. The molecule has 1 aromatic carbocycles. The zero-order chi connectivity index (χ0) is 30.1. The molecule has 3 atom stereocenters. The number of hydrogen-bond acceptors (Lipinski definition) is 7. The summed E-state index contributed by atoms with van der Waals surface area (Å²) < 4.78 is 11.9. The van der Waals surface area contributed by atoms with Crippen LogP contribution in [0.4, 0.5) is 10.5 Å². The lowest BCUT2D eigenvalue weighted by Crippen LogP contribution is -2.50. The highest BCUT2D eigenvalue weighted by atomic mass is 16.5. The molecule has 234 valence electrons. The Balaban J connectivity index is 1.48. The van der Waals surface area contributed by atoms with Crippen molar-refractivity contribution >= 4 is 23.5 Å². The lowest BCUT2D eigenvalue weighted by Gasteiger charge is -2.34. The van der Waals surface area contributed by atoms with Crippen LogP contribution in [-0.4, -0.2) is 115 Å². The third-order valence-electron chi connectivity index (χ3n) is 8.69. The lowest BCUT2D eigenvalue weighted by atomic mass is 9.96. The number of carbonyl (C=O) groups is 3. The number of likely N-dealkylation sites (N-methyl/N-ethyl adjacent to an activating group) is 1. The molecule has 2 aliphatic heterocycles. The van der Waals surface area contributed by atoms with Gasteiger partial charge in [-0.2, -0.15) is 0 Å². The molecule has 11 nitrogen and oxygen atoms in total. The van der Waals surface area contributed by atoms with Gasteiger partial charge < -0.3 is 35.0 Å². The van der Waals surface area contributed by atoms with Crippen LogP contribution in [0.25, 0.3) is 0 Å². The van der Waals surface area contributed by atoms with E-state index in [2.05, 4.69) is 15.5 Å². The summed E-state index contributed by atoms with van der Waals surface area (Å²) in [4.78, 5) is 44.8. The molecule has 42 heavy (non-hydrogen) atoms. The van der Waals surface area contributed by atoms with Crippen molar-refractivity contribution in [3.8, 4) is 5.75 Å². The van der Waals surface area contributed by atoms with Crippen LogP contribution < -0.4 is 15.4 Å². The maximum absolute atomic E-state index is 13.5. The maximum Gasteiger partial charge on any atom is 0.317 e. The first-order chi connectivity index (χ1) is 20.2. The summed E-state index contributed by atoms with van der Waals surface area (Å²) in [5.41, 5.74) is 1.27. The van der Waals surface area contributed by atoms with E-state index in [-0.39, 0.29) is 55.0 Å². The molecule has 4 amide bonds. The Bertz CT molecular complexity index is 1060. The van der Waals surface area contributed by atoms with E-state index >= 15 is 0 Å². The molecular weight excluding hydrogens is 538 g/mol. The van der Waals surface area contributed by atoms with Crippen LogP contribution >= 0.6 is 0 Å². The second-order valence-corrected chi connectivity index (χ2v) is 12.1. The van der Waals surface area contributed by atoms with Crippen molar-refractivity contribution < 1.29 is 29.0 Å². The van der Waals surface area contributed by atoms with Crippen molar-refractivity contribution in [1.82, 2.24) is 20.0 Å². The van der Waals surface area contributed by atoms with Crippen LogP contribution in [0.3, 0.4) is 0 Å². The highest BCUT2D eigenvalue weighted by molar-refractivity contribution is 5.91. The van der Waals surface area contributed by atoms with Gasteiger partial charge in [-0.1, -0.05) is 26.2 Å². The van der Waals surface area contributed by atoms with Crippen LogP contribution in [0.15, 0.2) is 18.2 Å². The molecule has 1 saturated heterocycles. The Hall–Kier alpha value is -2.89. The Labute approximate surface area is 249 Å². The fourth-order valence-electron chi connectivity index (χ4n) is 5.92. The molecule has 1 saturated carbocycles. The molecule has 0 radical (unpaired) electrons. The minimum absolute atomic E-state index is 0.0780. The Kier molecular flexibility index (Phi) is 11.9.